The quantitative estimate of drug-likeness (QED) is 0.515. The van der Waals surface area contributed by atoms with Crippen molar-refractivity contribution in [3.8, 4) is 5.75 Å². The molecule has 0 aliphatic carbocycles. The summed E-state index contributed by atoms with van der Waals surface area (Å²) in [5.41, 5.74) is 2.03. The van der Waals surface area contributed by atoms with Gasteiger partial charge in [-0.1, -0.05) is 48.5 Å². The molecule has 4 heterocycles. The lowest BCUT2D eigenvalue weighted by Gasteiger charge is -2.30. The SMILES string of the molecule is COc1ccccc1N1C(=O)[C@@H]2[C@H](C)N[C@@]3(C(=O)N(CC(=O)N4CCc5ccccc54)c4ccccc43)[C@@H]2C1=O. The summed E-state index contributed by atoms with van der Waals surface area (Å²) in [6.07, 6.45) is 0.759. The average Bonchev–Trinajstić information content (AvgIpc) is 3.67. The summed E-state index contributed by atoms with van der Waals surface area (Å²) >= 11 is 0. The number of rotatable bonds is 4. The molecule has 4 aliphatic rings. The summed E-state index contributed by atoms with van der Waals surface area (Å²) in [4.78, 5) is 60.4. The van der Waals surface area contributed by atoms with Crippen LogP contribution in [-0.2, 0) is 31.1 Å². The van der Waals surface area contributed by atoms with E-state index in [1.54, 1.807) is 35.2 Å². The molecule has 1 spiro atoms. The lowest BCUT2D eigenvalue weighted by atomic mass is 9.76. The van der Waals surface area contributed by atoms with Gasteiger partial charge in [-0.3, -0.25) is 24.5 Å². The molecule has 9 heteroatoms. The molecule has 9 nitrogen and oxygen atoms in total. The number of nitrogens with zero attached hydrogens (tertiary/aromatic N) is 3. The van der Waals surface area contributed by atoms with Crippen LogP contribution in [-0.4, -0.2) is 49.9 Å². The second-order valence-corrected chi connectivity index (χ2v) is 10.8. The minimum Gasteiger partial charge on any atom is -0.495 e. The van der Waals surface area contributed by atoms with Crippen molar-refractivity contribution >= 4 is 40.7 Å². The van der Waals surface area contributed by atoms with E-state index in [4.69, 9.17) is 4.74 Å². The van der Waals surface area contributed by atoms with Crippen molar-refractivity contribution in [2.75, 3.05) is 34.9 Å². The molecule has 1 N–H and O–H groups in total. The Bertz CT molecular complexity index is 1600. The van der Waals surface area contributed by atoms with Crippen LogP contribution < -0.4 is 24.8 Å². The molecule has 3 aromatic rings. The van der Waals surface area contributed by atoms with Crippen LogP contribution in [0.25, 0.3) is 0 Å². The summed E-state index contributed by atoms with van der Waals surface area (Å²) in [7, 11) is 1.49. The molecule has 202 valence electrons. The molecule has 0 saturated carbocycles. The van der Waals surface area contributed by atoms with E-state index >= 15 is 0 Å². The number of ether oxygens (including phenoxy) is 1. The molecule has 0 radical (unpaired) electrons. The maximum atomic E-state index is 14.5. The highest BCUT2D eigenvalue weighted by atomic mass is 16.5. The fourth-order valence-electron chi connectivity index (χ4n) is 7.14. The third-order valence-corrected chi connectivity index (χ3v) is 8.82. The third kappa shape index (κ3) is 3.12. The Balaban J connectivity index is 1.28. The number of carbonyl (C=O) groups is 4. The van der Waals surface area contributed by atoms with Gasteiger partial charge in [0.15, 0.2) is 0 Å². The fraction of sp³-hybridized carbons (Fsp3) is 0.290. The van der Waals surface area contributed by atoms with Gasteiger partial charge in [0.25, 0.3) is 5.91 Å². The van der Waals surface area contributed by atoms with Gasteiger partial charge >= 0.3 is 0 Å². The van der Waals surface area contributed by atoms with Crippen molar-refractivity contribution in [2.45, 2.75) is 24.9 Å². The molecule has 4 aliphatic heterocycles. The molecule has 4 atom stereocenters. The minimum atomic E-state index is -1.46. The Morgan fingerprint density at radius 3 is 2.38 bits per heavy atom. The van der Waals surface area contributed by atoms with Crippen molar-refractivity contribution in [1.82, 2.24) is 5.32 Å². The van der Waals surface area contributed by atoms with Gasteiger partial charge in [0.2, 0.25) is 17.7 Å². The summed E-state index contributed by atoms with van der Waals surface area (Å²) in [5.74, 6) is -2.74. The van der Waals surface area contributed by atoms with E-state index < -0.39 is 35.2 Å². The fourth-order valence-corrected chi connectivity index (χ4v) is 7.14. The van der Waals surface area contributed by atoms with Crippen molar-refractivity contribution in [2.24, 2.45) is 11.8 Å². The van der Waals surface area contributed by atoms with Gasteiger partial charge in [-0.05, 0) is 43.2 Å². The largest absolute Gasteiger partial charge is 0.495 e. The normalized spacial score (nSPS) is 26.5. The predicted octanol–water partition coefficient (Wildman–Crippen LogP) is 2.62. The lowest BCUT2D eigenvalue weighted by molar-refractivity contribution is -0.132. The van der Waals surface area contributed by atoms with Crippen LogP contribution in [0.5, 0.6) is 5.75 Å². The van der Waals surface area contributed by atoms with Crippen molar-refractivity contribution in [1.29, 1.82) is 0 Å². The molecular formula is C31H28N4O5. The zero-order valence-electron chi connectivity index (χ0n) is 22.2. The highest BCUT2D eigenvalue weighted by Crippen LogP contribution is 2.55. The second-order valence-electron chi connectivity index (χ2n) is 10.8. The van der Waals surface area contributed by atoms with Crippen LogP contribution in [0.4, 0.5) is 17.1 Å². The predicted molar refractivity (Wildman–Crippen MR) is 148 cm³/mol. The smallest absolute Gasteiger partial charge is 0.253 e. The van der Waals surface area contributed by atoms with Crippen molar-refractivity contribution < 1.29 is 23.9 Å². The standard InChI is InChI=1S/C31H28N4O5/c1-18-26-27(29(38)35(28(26)37)23-13-7-8-14-24(23)40-2)31(32-18)20-10-4-6-12-22(20)34(30(31)39)17-25(36)33-16-15-19-9-3-5-11-21(19)33/h3-14,18,26-27,32H,15-17H2,1-2H3/t18-,26+,27-,31+/m0/s1. The van der Waals surface area contributed by atoms with Crippen LogP contribution >= 0.6 is 0 Å². The number of hydrogen-bond acceptors (Lipinski definition) is 6. The van der Waals surface area contributed by atoms with E-state index in [1.807, 2.05) is 49.4 Å². The van der Waals surface area contributed by atoms with E-state index in [-0.39, 0.29) is 18.4 Å². The van der Waals surface area contributed by atoms with Crippen molar-refractivity contribution in [3.63, 3.8) is 0 Å². The van der Waals surface area contributed by atoms with Gasteiger partial charge in [0.1, 0.15) is 17.8 Å². The molecular weight excluding hydrogens is 508 g/mol. The maximum absolute atomic E-state index is 14.5. The minimum absolute atomic E-state index is 0.169. The summed E-state index contributed by atoms with van der Waals surface area (Å²) in [6, 6.07) is 21.4. The number of amides is 4. The first kappa shape index (κ1) is 24.5. The van der Waals surface area contributed by atoms with Crippen LogP contribution in [0.1, 0.15) is 18.1 Å². The van der Waals surface area contributed by atoms with Crippen LogP contribution in [0.15, 0.2) is 72.8 Å². The first-order valence-corrected chi connectivity index (χ1v) is 13.5. The van der Waals surface area contributed by atoms with Gasteiger partial charge in [0.05, 0.1) is 24.6 Å². The van der Waals surface area contributed by atoms with Gasteiger partial charge in [-0.2, -0.15) is 0 Å². The lowest BCUT2D eigenvalue weighted by Crippen LogP contribution is -2.56. The molecule has 4 amide bonds. The number of benzene rings is 3. The van der Waals surface area contributed by atoms with Gasteiger partial charge < -0.3 is 14.5 Å². The van der Waals surface area contributed by atoms with Crippen LogP contribution in [0.2, 0.25) is 0 Å². The van der Waals surface area contributed by atoms with E-state index in [0.717, 1.165) is 22.6 Å². The van der Waals surface area contributed by atoms with Gasteiger partial charge in [-0.25, -0.2) is 4.90 Å². The molecule has 2 fully saturated rings. The number of methoxy groups -OCH3 is 1. The first-order valence-electron chi connectivity index (χ1n) is 13.5. The van der Waals surface area contributed by atoms with E-state index in [1.165, 1.54) is 12.0 Å². The van der Waals surface area contributed by atoms with Gasteiger partial charge in [-0.15, -0.1) is 0 Å². The van der Waals surface area contributed by atoms with E-state index in [0.29, 0.717) is 29.2 Å². The molecule has 2 saturated heterocycles. The van der Waals surface area contributed by atoms with Crippen LogP contribution in [0, 0.1) is 11.8 Å². The molecule has 0 unspecified atom stereocenters. The summed E-state index contributed by atoms with van der Waals surface area (Å²) < 4.78 is 5.45. The Kier molecular flexibility index (Phi) is 5.37. The highest BCUT2D eigenvalue weighted by Gasteiger charge is 2.71. The first-order chi connectivity index (χ1) is 19.4. The molecule has 0 aromatic heterocycles. The number of hydrogen-bond donors (Lipinski definition) is 1. The molecule has 7 rings (SSSR count). The molecule has 40 heavy (non-hydrogen) atoms. The van der Waals surface area contributed by atoms with E-state index in [9.17, 15) is 19.2 Å². The molecule has 3 aromatic carbocycles. The second kappa shape index (κ2) is 8.76. The number of fused-ring (bicyclic) bond motifs is 5. The number of imide groups is 1. The Labute approximate surface area is 231 Å². The third-order valence-electron chi connectivity index (χ3n) is 8.82. The topological polar surface area (TPSA) is 99.3 Å². The molecule has 0 bridgehead atoms. The summed E-state index contributed by atoms with van der Waals surface area (Å²) in [5, 5.41) is 3.37. The van der Waals surface area contributed by atoms with Crippen molar-refractivity contribution in [3.05, 3.63) is 83.9 Å². The van der Waals surface area contributed by atoms with Crippen LogP contribution in [0.3, 0.4) is 0 Å². The zero-order valence-corrected chi connectivity index (χ0v) is 22.2. The Morgan fingerprint density at radius 2 is 1.60 bits per heavy atom. The number of nitrogens with one attached hydrogen (secondary N) is 1. The summed E-state index contributed by atoms with van der Waals surface area (Å²) in [6.45, 7) is 2.21. The number of carbonyl (C=O) groups excluding carboxylic acids is 4. The Hall–Kier alpha value is -4.50. The number of para-hydroxylation sites is 4. The monoisotopic (exact) mass is 536 g/mol. The van der Waals surface area contributed by atoms with E-state index in [2.05, 4.69) is 5.32 Å². The van der Waals surface area contributed by atoms with Gasteiger partial charge in [0, 0.05) is 29.5 Å². The highest BCUT2D eigenvalue weighted by molar-refractivity contribution is 6.26. The average molecular weight is 537 g/mol. The maximum Gasteiger partial charge on any atom is 0.253 e. The zero-order chi connectivity index (χ0) is 27.8. The Morgan fingerprint density at radius 1 is 0.925 bits per heavy atom. The number of anilines is 3.